The molecule has 8 heteroatoms. The lowest BCUT2D eigenvalue weighted by molar-refractivity contribution is -0.140. The van der Waals surface area contributed by atoms with Crippen LogP contribution in [0, 0.1) is 13.8 Å². The van der Waals surface area contributed by atoms with Crippen LogP contribution in [0.5, 0.6) is 0 Å². The number of nitrogens with zero attached hydrogens (tertiary/aromatic N) is 2. The Balaban J connectivity index is 2.22. The number of alkyl halides is 3. The highest BCUT2D eigenvalue weighted by molar-refractivity contribution is 6.32. The number of anilines is 1. The van der Waals surface area contributed by atoms with Crippen LogP contribution in [0.1, 0.15) is 22.4 Å². The molecule has 1 amide bonds. The van der Waals surface area contributed by atoms with E-state index in [-0.39, 0.29) is 11.6 Å². The monoisotopic (exact) mass is 345 g/mol. The van der Waals surface area contributed by atoms with Gasteiger partial charge in [0, 0.05) is 7.05 Å². The third-order valence-electron chi connectivity index (χ3n) is 3.45. The normalized spacial score (nSPS) is 11.6. The number of nitrogens with one attached hydrogen (secondary N) is 1. The van der Waals surface area contributed by atoms with E-state index in [1.54, 1.807) is 6.07 Å². The SMILES string of the molecule is Cc1ccc(CC(=O)Nc2c(C(F)(F)F)nn(C)c2Cl)cc1C. The maximum Gasteiger partial charge on any atom is 0.437 e. The zero-order valence-electron chi connectivity index (χ0n) is 12.8. The molecule has 23 heavy (non-hydrogen) atoms. The van der Waals surface area contributed by atoms with E-state index in [0.29, 0.717) is 5.56 Å². The van der Waals surface area contributed by atoms with E-state index in [1.165, 1.54) is 7.05 Å². The molecule has 0 aliphatic heterocycles. The van der Waals surface area contributed by atoms with Gasteiger partial charge in [-0.3, -0.25) is 9.48 Å². The highest BCUT2D eigenvalue weighted by Gasteiger charge is 2.39. The first-order valence-electron chi connectivity index (χ1n) is 6.75. The Labute approximate surface area is 136 Å². The van der Waals surface area contributed by atoms with Crippen molar-refractivity contribution in [1.29, 1.82) is 0 Å². The molecule has 0 aliphatic rings. The molecule has 0 saturated carbocycles. The van der Waals surface area contributed by atoms with Crippen molar-refractivity contribution in [2.75, 3.05) is 5.32 Å². The van der Waals surface area contributed by atoms with Gasteiger partial charge in [-0.15, -0.1) is 0 Å². The average molecular weight is 346 g/mol. The van der Waals surface area contributed by atoms with Gasteiger partial charge >= 0.3 is 6.18 Å². The van der Waals surface area contributed by atoms with Crippen molar-refractivity contribution in [3.63, 3.8) is 0 Å². The lowest BCUT2D eigenvalue weighted by Gasteiger charge is -2.09. The van der Waals surface area contributed by atoms with Crippen LogP contribution in [-0.4, -0.2) is 15.7 Å². The third kappa shape index (κ3) is 3.85. The molecule has 1 aromatic carbocycles. The maximum absolute atomic E-state index is 12.9. The van der Waals surface area contributed by atoms with Gasteiger partial charge in [0.1, 0.15) is 5.69 Å². The van der Waals surface area contributed by atoms with E-state index in [4.69, 9.17) is 11.6 Å². The minimum absolute atomic E-state index is 0.0519. The van der Waals surface area contributed by atoms with E-state index in [2.05, 4.69) is 10.4 Å². The number of halogens is 4. The minimum Gasteiger partial charge on any atom is -0.321 e. The predicted octanol–water partition coefficient (Wildman–Crippen LogP) is 3.89. The smallest absolute Gasteiger partial charge is 0.321 e. The molecule has 0 bridgehead atoms. The molecule has 1 heterocycles. The Kier molecular flexibility index (Phi) is 4.70. The number of aromatic nitrogens is 2. The third-order valence-corrected chi connectivity index (χ3v) is 3.88. The largest absolute Gasteiger partial charge is 0.437 e. The average Bonchev–Trinajstić information content (AvgIpc) is 2.71. The molecule has 0 aliphatic carbocycles. The number of rotatable bonds is 3. The van der Waals surface area contributed by atoms with E-state index in [1.807, 2.05) is 26.0 Å². The minimum atomic E-state index is -4.70. The second-order valence-electron chi connectivity index (χ2n) is 5.28. The predicted molar refractivity (Wildman–Crippen MR) is 81.5 cm³/mol. The molecule has 4 nitrogen and oxygen atoms in total. The van der Waals surface area contributed by atoms with Crippen LogP contribution < -0.4 is 5.32 Å². The van der Waals surface area contributed by atoms with Crippen LogP contribution in [0.15, 0.2) is 18.2 Å². The quantitative estimate of drug-likeness (QED) is 0.917. The first-order chi connectivity index (χ1) is 10.6. The van der Waals surface area contributed by atoms with Crippen LogP contribution in [0.2, 0.25) is 5.15 Å². The fraction of sp³-hybridized carbons (Fsp3) is 0.333. The Morgan fingerprint density at radius 1 is 1.30 bits per heavy atom. The maximum atomic E-state index is 12.9. The topological polar surface area (TPSA) is 46.9 Å². The molecule has 0 fully saturated rings. The second kappa shape index (κ2) is 6.23. The lowest BCUT2D eigenvalue weighted by Crippen LogP contribution is -2.18. The van der Waals surface area contributed by atoms with Gasteiger partial charge in [-0.05, 0) is 30.5 Å². The first-order valence-corrected chi connectivity index (χ1v) is 7.13. The molecule has 1 N–H and O–H groups in total. The van der Waals surface area contributed by atoms with Crippen molar-refractivity contribution in [3.05, 3.63) is 45.7 Å². The van der Waals surface area contributed by atoms with Gasteiger partial charge in [0.2, 0.25) is 5.91 Å². The standard InChI is InChI=1S/C15H15ClF3N3O/c1-8-4-5-10(6-9(8)2)7-11(23)20-12-13(15(17,18)19)21-22(3)14(12)16/h4-6H,7H2,1-3H3,(H,20,23). The fourth-order valence-electron chi connectivity index (χ4n) is 2.10. The summed E-state index contributed by atoms with van der Waals surface area (Å²) in [5.74, 6) is -0.589. The van der Waals surface area contributed by atoms with Crippen LogP contribution in [0.3, 0.4) is 0 Å². The zero-order valence-corrected chi connectivity index (χ0v) is 13.5. The molecule has 1 aromatic heterocycles. The summed E-state index contributed by atoms with van der Waals surface area (Å²) >= 11 is 5.80. The molecule has 124 valence electrons. The van der Waals surface area contributed by atoms with Crippen molar-refractivity contribution < 1.29 is 18.0 Å². The molecule has 0 saturated heterocycles. The fourth-order valence-corrected chi connectivity index (χ4v) is 2.27. The van der Waals surface area contributed by atoms with E-state index >= 15 is 0 Å². The van der Waals surface area contributed by atoms with Gasteiger partial charge in [-0.25, -0.2) is 0 Å². The van der Waals surface area contributed by atoms with Crippen LogP contribution >= 0.6 is 11.6 Å². The molecule has 0 spiro atoms. The van der Waals surface area contributed by atoms with Gasteiger partial charge in [0.25, 0.3) is 0 Å². The summed E-state index contributed by atoms with van der Waals surface area (Å²) in [6.45, 7) is 3.83. The summed E-state index contributed by atoms with van der Waals surface area (Å²) in [7, 11) is 1.27. The van der Waals surface area contributed by atoms with Crippen molar-refractivity contribution in [2.24, 2.45) is 7.05 Å². The summed E-state index contributed by atoms with van der Waals surface area (Å²) in [5.41, 5.74) is 1.06. The molecule has 0 atom stereocenters. The molecule has 0 radical (unpaired) electrons. The van der Waals surface area contributed by atoms with Crippen LogP contribution in [0.25, 0.3) is 0 Å². The number of amides is 1. The van der Waals surface area contributed by atoms with E-state index in [0.717, 1.165) is 15.8 Å². The molecule has 2 rings (SSSR count). The molecular weight excluding hydrogens is 331 g/mol. The number of hydrogen-bond acceptors (Lipinski definition) is 2. The van der Waals surface area contributed by atoms with Crippen LogP contribution in [0.4, 0.5) is 18.9 Å². The Bertz CT molecular complexity index is 753. The molecule has 2 aromatic rings. The molecular formula is C15H15ClF3N3O. The van der Waals surface area contributed by atoms with E-state index in [9.17, 15) is 18.0 Å². The zero-order chi connectivity index (χ0) is 17.4. The first kappa shape index (κ1) is 17.3. The van der Waals surface area contributed by atoms with E-state index < -0.39 is 23.5 Å². The Morgan fingerprint density at radius 2 is 1.96 bits per heavy atom. The number of carbonyl (C=O) groups excluding carboxylic acids is 1. The van der Waals surface area contributed by atoms with Crippen LogP contribution in [-0.2, 0) is 24.4 Å². The summed E-state index contributed by atoms with van der Waals surface area (Å²) < 4.78 is 39.7. The Hall–Kier alpha value is -2.02. The van der Waals surface area contributed by atoms with Gasteiger partial charge in [-0.2, -0.15) is 18.3 Å². The summed E-state index contributed by atoms with van der Waals surface area (Å²) in [5, 5.41) is 5.25. The highest BCUT2D eigenvalue weighted by atomic mass is 35.5. The lowest BCUT2D eigenvalue weighted by atomic mass is 10.0. The van der Waals surface area contributed by atoms with Gasteiger partial charge in [0.15, 0.2) is 10.8 Å². The van der Waals surface area contributed by atoms with Gasteiger partial charge in [0.05, 0.1) is 6.42 Å². The van der Waals surface area contributed by atoms with Crippen molar-refractivity contribution in [2.45, 2.75) is 26.4 Å². The summed E-state index contributed by atoms with van der Waals surface area (Å²) in [6.07, 6.45) is -4.75. The Morgan fingerprint density at radius 3 is 2.52 bits per heavy atom. The number of hydrogen-bond donors (Lipinski definition) is 1. The second-order valence-corrected chi connectivity index (χ2v) is 5.64. The summed E-state index contributed by atoms with van der Waals surface area (Å²) in [4.78, 5) is 12.0. The summed E-state index contributed by atoms with van der Waals surface area (Å²) in [6, 6.07) is 5.44. The molecule has 0 unspecified atom stereocenters. The number of carbonyl (C=O) groups is 1. The number of aryl methyl sites for hydroxylation is 3. The van der Waals surface area contributed by atoms with Crippen molar-refractivity contribution in [3.8, 4) is 0 Å². The number of benzene rings is 1. The highest BCUT2D eigenvalue weighted by Crippen LogP contribution is 2.37. The van der Waals surface area contributed by atoms with Crippen molar-refractivity contribution in [1.82, 2.24) is 9.78 Å². The van der Waals surface area contributed by atoms with Gasteiger partial charge in [-0.1, -0.05) is 29.8 Å². The van der Waals surface area contributed by atoms with Gasteiger partial charge < -0.3 is 5.32 Å². The van der Waals surface area contributed by atoms with Crippen molar-refractivity contribution >= 4 is 23.2 Å².